The van der Waals surface area contributed by atoms with Crippen LogP contribution in [0.1, 0.15) is 39.2 Å². The molecule has 0 saturated heterocycles. The van der Waals surface area contributed by atoms with Crippen molar-refractivity contribution in [2.75, 3.05) is 13.6 Å². The summed E-state index contributed by atoms with van der Waals surface area (Å²) in [5.74, 6) is 1.63. The fourth-order valence-corrected chi connectivity index (χ4v) is 2.74. The molecule has 2 aromatic rings. The van der Waals surface area contributed by atoms with Crippen molar-refractivity contribution >= 4 is 5.96 Å². The van der Waals surface area contributed by atoms with Crippen molar-refractivity contribution in [3.8, 4) is 5.75 Å². The number of ether oxygens (including phenoxy) is 1. The Kier molecular flexibility index (Phi) is 8.11. The van der Waals surface area contributed by atoms with Crippen LogP contribution < -0.4 is 20.9 Å². The lowest BCUT2D eigenvalue weighted by Crippen LogP contribution is -2.37. The summed E-state index contributed by atoms with van der Waals surface area (Å²) in [7, 11) is 1.76. The maximum Gasteiger partial charge on any atom is 0.250 e. The molecule has 2 rings (SSSR count). The molecule has 1 aromatic heterocycles. The van der Waals surface area contributed by atoms with Gasteiger partial charge in [-0.15, -0.1) is 0 Å². The number of aromatic nitrogens is 1. The molecular weight excluding hydrogens is 352 g/mol. The number of guanidine groups is 1. The van der Waals surface area contributed by atoms with Crippen LogP contribution in [0.3, 0.4) is 0 Å². The molecule has 0 radical (unpaired) electrons. The molecule has 28 heavy (non-hydrogen) atoms. The lowest BCUT2D eigenvalue weighted by molar-refractivity contribution is 0.129. The highest BCUT2D eigenvalue weighted by atomic mass is 16.5. The summed E-state index contributed by atoms with van der Waals surface area (Å²) in [5, 5.41) is 6.65. The minimum absolute atomic E-state index is 0.0454. The predicted molar refractivity (Wildman–Crippen MR) is 115 cm³/mol. The van der Waals surface area contributed by atoms with Gasteiger partial charge in [0.15, 0.2) is 5.96 Å². The van der Waals surface area contributed by atoms with Crippen molar-refractivity contribution in [1.82, 2.24) is 15.2 Å². The highest BCUT2D eigenvalue weighted by molar-refractivity contribution is 5.79. The fourth-order valence-electron chi connectivity index (χ4n) is 2.74. The summed E-state index contributed by atoms with van der Waals surface area (Å²) in [6, 6.07) is 13.3. The zero-order valence-corrected chi connectivity index (χ0v) is 17.4. The third-order valence-corrected chi connectivity index (χ3v) is 4.08. The topological polar surface area (TPSA) is 67.7 Å². The summed E-state index contributed by atoms with van der Waals surface area (Å²) in [4.78, 5) is 16.0. The number of pyridine rings is 1. The van der Waals surface area contributed by atoms with E-state index in [1.165, 1.54) is 0 Å². The highest BCUT2D eigenvalue weighted by Gasteiger charge is 2.14. The van der Waals surface area contributed by atoms with Crippen molar-refractivity contribution in [3.63, 3.8) is 0 Å². The molecule has 0 saturated carbocycles. The average molecular weight is 385 g/mol. The van der Waals surface area contributed by atoms with Gasteiger partial charge in [-0.05, 0) is 45.7 Å². The Labute approximate surface area is 167 Å². The molecule has 6 heteroatoms. The van der Waals surface area contributed by atoms with Gasteiger partial charge in [-0.1, -0.05) is 24.3 Å². The lowest BCUT2D eigenvalue weighted by Gasteiger charge is -2.23. The Morgan fingerprint density at radius 1 is 1.07 bits per heavy atom. The van der Waals surface area contributed by atoms with E-state index in [2.05, 4.69) is 21.7 Å². The van der Waals surface area contributed by atoms with Crippen LogP contribution in [-0.2, 0) is 13.1 Å². The van der Waals surface area contributed by atoms with Crippen molar-refractivity contribution in [2.24, 2.45) is 4.99 Å². The second-order valence-electron chi connectivity index (χ2n) is 7.61. The molecule has 0 fully saturated rings. The van der Waals surface area contributed by atoms with Gasteiger partial charge in [-0.2, -0.15) is 0 Å². The quantitative estimate of drug-likeness (QED) is 0.417. The SMILES string of the molecule is CN=C(NCCCCn1ccccc1=O)NCc1ccccc1OC(C)(C)C. The van der Waals surface area contributed by atoms with Gasteiger partial charge in [-0.25, -0.2) is 0 Å². The Morgan fingerprint density at radius 3 is 2.54 bits per heavy atom. The minimum Gasteiger partial charge on any atom is -0.488 e. The van der Waals surface area contributed by atoms with E-state index in [0.717, 1.165) is 43.2 Å². The van der Waals surface area contributed by atoms with Gasteiger partial charge in [0.2, 0.25) is 5.56 Å². The molecule has 0 unspecified atom stereocenters. The number of hydrogen-bond donors (Lipinski definition) is 2. The van der Waals surface area contributed by atoms with Gasteiger partial charge >= 0.3 is 0 Å². The molecule has 152 valence electrons. The van der Waals surface area contributed by atoms with E-state index >= 15 is 0 Å². The predicted octanol–water partition coefficient (Wildman–Crippen LogP) is 3.17. The number of nitrogens with one attached hydrogen (secondary N) is 2. The maximum atomic E-state index is 11.7. The molecule has 1 aromatic carbocycles. The molecule has 0 aliphatic rings. The van der Waals surface area contributed by atoms with Crippen LogP contribution in [-0.4, -0.2) is 29.7 Å². The standard InChI is InChI=1S/C22H32N4O2/c1-22(2,3)28-19-12-6-5-11-18(19)17-25-21(23-4)24-14-8-10-16-26-15-9-7-13-20(26)27/h5-7,9,11-13,15H,8,10,14,16-17H2,1-4H3,(H2,23,24,25). The normalized spacial score (nSPS) is 11.9. The zero-order chi connectivity index (χ0) is 20.4. The average Bonchev–Trinajstić information content (AvgIpc) is 2.65. The second-order valence-corrected chi connectivity index (χ2v) is 7.61. The minimum atomic E-state index is -0.239. The molecule has 0 aliphatic heterocycles. The number of aliphatic imine (C=N–C) groups is 1. The van der Waals surface area contributed by atoms with E-state index in [1.54, 1.807) is 23.7 Å². The molecule has 1 heterocycles. The first kappa shape index (κ1) is 21.5. The van der Waals surface area contributed by atoms with Crippen LogP contribution >= 0.6 is 0 Å². The van der Waals surface area contributed by atoms with Crippen LogP contribution in [0.15, 0.2) is 58.4 Å². The number of benzene rings is 1. The summed E-state index contributed by atoms with van der Waals surface area (Å²) in [6.07, 6.45) is 3.70. The van der Waals surface area contributed by atoms with Gasteiger partial charge < -0.3 is 19.9 Å². The number of unbranched alkanes of at least 4 members (excludes halogenated alkanes) is 1. The molecule has 0 spiro atoms. The van der Waals surface area contributed by atoms with E-state index in [1.807, 2.05) is 51.2 Å². The summed E-state index contributed by atoms with van der Waals surface area (Å²) in [5.41, 5.74) is 0.893. The first-order chi connectivity index (χ1) is 13.4. The zero-order valence-electron chi connectivity index (χ0n) is 17.4. The number of para-hydroxylation sites is 1. The number of rotatable bonds is 8. The third-order valence-electron chi connectivity index (χ3n) is 4.08. The number of aryl methyl sites for hydroxylation is 1. The Hall–Kier alpha value is -2.76. The van der Waals surface area contributed by atoms with Gasteiger partial charge in [0.1, 0.15) is 11.4 Å². The second kappa shape index (κ2) is 10.5. The van der Waals surface area contributed by atoms with Crippen LogP contribution in [0.5, 0.6) is 5.75 Å². The molecule has 0 bridgehead atoms. The van der Waals surface area contributed by atoms with Crippen molar-refractivity contribution < 1.29 is 4.74 Å². The van der Waals surface area contributed by atoms with E-state index in [-0.39, 0.29) is 11.2 Å². The molecule has 0 aliphatic carbocycles. The van der Waals surface area contributed by atoms with Crippen LogP contribution in [0.2, 0.25) is 0 Å². The first-order valence-corrected chi connectivity index (χ1v) is 9.76. The van der Waals surface area contributed by atoms with Crippen molar-refractivity contribution in [3.05, 3.63) is 64.6 Å². The summed E-state index contributed by atoms with van der Waals surface area (Å²) >= 11 is 0. The van der Waals surface area contributed by atoms with Crippen molar-refractivity contribution in [1.29, 1.82) is 0 Å². The highest BCUT2D eigenvalue weighted by Crippen LogP contribution is 2.22. The smallest absolute Gasteiger partial charge is 0.250 e. The Balaban J connectivity index is 1.76. The third kappa shape index (κ3) is 7.47. The monoisotopic (exact) mass is 384 g/mol. The molecular formula is C22H32N4O2. The lowest BCUT2D eigenvalue weighted by atomic mass is 10.1. The number of hydrogen-bond acceptors (Lipinski definition) is 3. The van der Waals surface area contributed by atoms with Gasteiger partial charge in [0.05, 0.1) is 0 Å². The van der Waals surface area contributed by atoms with E-state index in [0.29, 0.717) is 6.54 Å². The summed E-state index contributed by atoms with van der Waals surface area (Å²) in [6.45, 7) is 8.28. The van der Waals surface area contributed by atoms with Crippen LogP contribution in [0.4, 0.5) is 0 Å². The maximum absolute atomic E-state index is 11.7. The first-order valence-electron chi connectivity index (χ1n) is 9.76. The van der Waals surface area contributed by atoms with E-state index < -0.39 is 0 Å². The van der Waals surface area contributed by atoms with Crippen molar-refractivity contribution in [2.45, 2.75) is 52.3 Å². The van der Waals surface area contributed by atoms with Gasteiger partial charge in [0.25, 0.3) is 0 Å². The van der Waals surface area contributed by atoms with Crippen LogP contribution in [0.25, 0.3) is 0 Å². The molecule has 2 N–H and O–H groups in total. The molecule has 0 atom stereocenters. The van der Waals surface area contributed by atoms with Gasteiger partial charge in [-0.3, -0.25) is 9.79 Å². The Morgan fingerprint density at radius 2 is 1.82 bits per heavy atom. The largest absolute Gasteiger partial charge is 0.488 e. The fraction of sp³-hybridized carbons (Fsp3) is 0.455. The van der Waals surface area contributed by atoms with E-state index in [4.69, 9.17) is 4.74 Å². The van der Waals surface area contributed by atoms with E-state index in [9.17, 15) is 4.79 Å². The number of nitrogens with zero attached hydrogens (tertiary/aromatic N) is 2. The molecule has 6 nitrogen and oxygen atoms in total. The van der Waals surface area contributed by atoms with Gasteiger partial charge in [0, 0.05) is 44.5 Å². The Bertz CT molecular complexity index is 822. The van der Waals surface area contributed by atoms with Crippen LogP contribution in [0, 0.1) is 0 Å². The summed E-state index contributed by atoms with van der Waals surface area (Å²) < 4.78 is 7.77. The molecule has 0 amide bonds.